The van der Waals surface area contributed by atoms with Crippen LogP contribution in [0, 0.1) is 3.57 Å². The van der Waals surface area contributed by atoms with Crippen molar-refractivity contribution in [2.45, 2.75) is 44.6 Å². The van der Waals surface area contributed by atoms with Crippen molar-refractivity contribution < 1.29 is 14.7 Å². The minimum Gasteiger partial charge on any atom is -0.480 e. The van der Waals surface area contributed by atoms with Crippen LogP contribution in [-0.4, -0.2) is 29.6 Å². The van der Waals surface area contributed by atoms with Gasteiger partial charge in [-0.3, -0.25) is 9.59 Å². The van der Waals surface area contributed by atoms with Gasteiger partial charge in [0, 0.05) is 16.5 Å². The first-order chi connectivity index (χ1) is 11.0. The largest absolute Gasteiger partial charge is 0.480 e. The first-order valence-corrected chi connectivity index (χ1v) is 9.08. The highest BCUT2D eigenvalue weighted by Crippen LogP contribution is 2.09. The fourth-order valence-electron chi connectivity index (χ4n) is 2.12. The molecule has 0 aliphatic rings. The summed E-state index contributed by atoms with van der Waals surface area (Å²) in [5, 5.41) is 11.7. The van der Waals surface area contributed by atoms with E-state index < -0.39 is 12.0 Å². The Balaban J connectivity index is 2.06. The number of aliphatic carboxylic acids is 1. The Hall–Kier alpha value is -0.860. The minimum atomic E-state index is -0.959. The molecule has 0 fully saturated rings. The van der Waals surface area contributed by atoms with Crippen molar-refractivity contribution in [1.82, 2.24) is 10.2 Å². The van der Waals surface area contributed by atoms with E-state index in [1.54, 1.807) is 0 Å². The lowest BCUT2D eigenvalue weighted by Crippen LogP contribution is -2.30. The van der Waals surface area contributed by atoms with Crippen LogP contribution < -0.4 is 10.2 Å². The van der Waals surface area contributed by atoms with Crippen LogP contribution in [-0.2, 0) is 16.0 Å². The Morgan fingerprint density at radius 3 is 2.48 bits per heavy atom. The molecule has 128 valence electrons. The predicted octanol–water partition coefficient (Wildman–Crippen LogP) is 3.10. The number of carboxylic acids is 1. The van der Waals surface area contributed by atoms with E-state index in [4.69, 9.17) is 16.9 Å². The summed E-state index contributed by atoms with van der Waals surface area (Å²) in [4.78, 5) is 24.7. The van der Waals surface area contributed by atoms with Crippen molar-refractivity contribution >= 4 is 46.2 Å². The summed E-state index contributed by atoms with van der Waals surface area (Å²) < 4.78 is 1.21. The van der Waals surface area contributed by atoms with Crippen LogP contribution in [0.4, 0.5) is 0 Å². The molecule has 0 aromatic heterocycles. The van der Waals surface area contributed by atoms with E-state index in [-0.39, 0.29) is 5.91 Å². The molecule has 0 unspecified atom stereocenters. The number of carbonyl (C=O) groups is 2. The number of halogens is 2. The molecule has 0 radical (unpaired) electrons. The molecule has 0 aliphatic carbocycles. The van der Waals surface area contributed by atoms with Crippen LogP contribution in [0.1, 0.15) is 37.7 Å². The number of unbranched alkanes of at least 4 members (excludes halogenated alkanes) is 1. The standard InChI is InChI=1S/C16H22ClIN2O3/c17-20-14(16(22)23)5-1-2-11-19-15(21)6-3-4-12-7-9-13(18)10-8-12/h7-10,14,20H,1-6,11H2,(H,19,21)(H,22,23)/t14-/m0/s1. The second-order valence-electron chi connectivity index (χ2n) is 5.33. The molecule has 1 aromatic carbocycles. The highest BCUT2D eigenvalue weighted by molar-refractivity contribution is 14.1. The summed E-state index contributed by atoms with van der Waals surface area (Å²) in [6.07, 6.45) is 4.11. The number of benzene rings is 1. The lowest BCUT2D eigenvalue weighted by Gasteiger charge is -2.09. The molecule has 0 heterocycles. The van der Waals surface area contributed by atoms with Gasteiger partial charge in [-0.05, 0) is 84.2 Å². The van der Waals surface area contributed by atoms with Crippen molar-refractivity contribution in [3.05, 3.63) is 33.4 Å². The van der Waals surface area contributed by atoms with Crippen LogP contribution in [0.3, 0.4) is 0 Å². The van der Waals surface area contributed by atoms with Gasteiger partial charge in [-0.25, -0.2) is 4.84 Å². The van der Waals surface area contributed by atoms with Crippen LogP contribution in [0.2, 0.25) is 0 Å². The van der Waals surface area contributed by atoms with E-state index in [0.29, 0.717) is 25.8 Å². The Morgan fingerprint density at radius 1 is 1.17 bits per heavy atom. The average Bonchev–Trinajstić information content (AvgIpc) is 2.52. The van der Waals surface area contributed by atoms with Crippen LogP contribution >= 0.6 is 34.4 Å². The second kappa shape index (κ2) is 11.6. The summed E-state index contributed by atoms with van der Waals surface area (Å²) in [5.74, 6) is -0.916. The summed E-state index contributed by atoms with van der Waals surface area (Å²) >= 11 is 7.61. The van der Waals surface area contributed by atoms with Crippen LogP contribution in [0.5, 0.6) is 0 Å². The third kappa shape index (κ3) is 9.12. The molecule has 1 rings (SSSR count). The highest BCUT2D eigenvalue weighted by Gasteiger charge is 2.14. The van der Waals surface area contributed by atoms with E-state index >= 15 is 0 Å². The van der Waals surface area contributed by atoms with Crippen molar-refractivity contribution in [1.29, 1.82) is 0 Å². The van der Waals surface area contributed by atoms with Gasteiger partial charge in [0.05, 0.1) is 0 Å². The average molecular weight is 453 g/mol. The van der Waals surface area contributed by atoms with Crippen molar-refractivity contribution in [3.8, 4) is 0 Å². The maximum atomic E-state index is 11.7. The molecular weight excluding hydrogens is 431 g/mol. The van der Waals surface area contributed by atoms with Crippen LogP contribution in [0.25, 0.3) is 0 Å². The fraction of sp³-hybridized carbons (Fsp3) is 0.500. The third-order valence-electron chi connectivity index (χ3n) is 3.45. The SMILES string of the molecule is O=C(CCCc1ccc(I)cc1)NCCCC[C@H](NCl)C(=O)O. The summed E-state index contributed by atoms with van der Waals surface area (Å²) in [6.45, 7) is 0.566. The molecule has 0 spiro atoms. The van der Waals surface area contributed by atoms with Gasteiger partial charge >= 0.3 is 5.97 Å². The van der Waals surface area contributed by atoms with E-state index in [1.165, 1.54) is 9.13 Å². The van der Waals surface area contributed by atoms with Crippen LogP contribution in [0.15, 0.2) is 24.3 Å². The lowest BCUT2D eigenvalue weighted by atomic mass is 10.1. The first-order valence-electron chi connectivity index (χ1n) is 7.63. The number of rotatable bonds is 11. The van der Waals surface area contributed by atoms with Gasteiger partial charge in [0.1, 0.15) is 6.04 Å². The predicted molar refractivity (Wildman–Crippen MR) is 99.4 cm³/mol. The number of carboxylic acid groups (broad SMARTS) is 1. The Kier molecular flexibility index (Phi) is 10.2. The molecule has 1 aromatic rings. The number of nitrogens with one attached hydrogen (secondary N) is 2. The Morgan fingerprint density at radius 2 is 1.87 bits per heavy atom. The maximum Gasteiger partial charge on any atom is 0.321 e. The number of carbonyl (C=O) groups excluding carboxylic acids is 1. The zero-order valence-corrected chi connectivity index (χ0v) is 15.8. The molecule has 3 N–H and O–H groups in total. The number of hydrogen-bond acceptors (Lipinski definition) is 3. The molecule has 1 amide bonds. The maximum absolute atomic E-state index is 11.7. The van der Waals surface area contributed by atoms with E-state index in [9.17, 15) is 9.59 Å². The lowest BCUT2D eigenvalue weighted by molar-refractivity contribution is -0.139. The summed E-state index contributed by atoms with van der Waals surface area (Å²) in [5.41, 5.74) is 1.24. The van der Waals surface area contributed by atoms with Gasteiger partial charge in [0.25, 0.3) is 0 Å². The zero-order chi connectivity index (χ0) is 17.1. The van der Waals surface area contributed by atoms with Crippen molar-refractivity contribution in [2.24, 2.45) is 0 Å². The van der Waals surface area contributed by atoms with Crippen molar-refractivity contribution in [2.75, 3.05) is 6.54 Å². The molecule has 5 nitrogen and oxygen atoms in total. The van der Waals surface area contributed by atoms with Crippen molar-refractivity contribution in [3.63, 3.8) is 0 Å². The molecule has 23 heavy (non-hydrogen) atoms. The fourth-order valence-corrected chi connectivity index (χ4v) is 2.68. The molecule has 0 saturated carbocycles. The zero-order valence-electron chi connectivity index (χ0n) is 12.9. The van der Waals surface area contributed by atoms with Gasteiger partial charge in [-0.1, -0.05) is 12.1 Å². The topological polar surface area (TPSA) is 78.4 Å². The smallest absolute Gasteiger partial charge is 0.321 e. The summed E-state index contributed by atoms with van der Waals surface area (Å²) in [6, 6.07) is 7.57. The van der Waals surface area contributed by atoms with E-state index in [2.05, 4.69) is 57.0 Å². The monoisotopic (exact) mass is 452 g/mol. The highest BCUT2D eigenvalue weighted by atomic mass is 127. The van der Waals surface area contributed by atoms with Gasteiger partial charge in [-0.2, -0.15) is 0 Å². The Bertz CT molecular complexity index is 497. The van der Waals surface area contributed by atoms with E-state index in [1.807, 2.05) is 0 Å². The number of aryl methyl sites for hydroxylation is 1. The second-order valence-corrected chi connectivity index (χ2v) is 6.79. The minimum absolute atomic E-state index is 0.0424. The Labute approximate surface area is 155 Å². The summed E-state index contributed by atoms with van der Waals surface area (Å²) in [7, 11) is 0. The third-order valence-corrected chi connectivity index (χ3v) is 4.44. The van der Waals surface area contributed by atoms with E-state index in [0.717, 1.165) is 19.3 Å². The quantitative estimate of drug-likeness (QED) is 0.274. The molecular formula is C16H22ClIN2O3. The van der Waals surface area contributed by atoms with Gasteiger partial charge in [0.2, 0.25) is 5.91 Å². The molecule has 0 saturated heterocycles. The molecule has 1 atom stereocenters. The normalized spacial score (nSPS) is 11.9. The van der Waals surface area contributed by atoms with Gasteiger partial charge in [0.15, 0.2) is 0 Å². The van der Waals surface area contributed by atoms with Gasteiger partial charge < -0.3 is 10.4 Å². The van der Waals surface area contributed by atoms with Gasteiger partial charge in [-0.15, -0.1) is 0 Å². The number of hydrogen-bond donors (Lipinski definition) is 3. The number of amides is 1. The molecule has 0 aliphatic heterocycles. The molecule has 7 heteroatoms. The molecule has 0 bridgehead atoms. The first kappa shape index (κ1) is 20.2.